The van der Waals surface area contributed by atoms with Crippen LogP contribution in [0.25, 0.3) is 10.9 Å². The molecule has 0 unspecified atom stereocenters. The van der Waals surface area contributed by atoms with Crippen molar-refractivity contribution in [2.75, 3.05) is 0 Å². The molecule has 136 valence electrons. The molecule has 4 aromatic rings. The Morgan fingerprint density at radius 2 is 1.79 bits per heavy atom. The summed E-state index contributed by atoms with van der Waals surface area (Å²) < 4.78 is 15.0. The molecule has 0 aliphatic rings. The highest BCUT2D eigenvalue weighted by Crippen LogP contribution is 2.12. The van der Waals surface area contributed by atoms with Gasteiger partial charge in [0.2, 0.25) is 0 Å². The number of hydrogen-bond acceptors (Lipinski definition) is 2. The lowest BCUT2D eigenvalue weighted by Gasteiger charge is -2.07. The third-order valence-electron chi connectivity index (χ3n) is 4.40. The summed E-state index contributed by atoms with van der Waals surface area (Å²) >= 11 is 0. The highest BCUT2D eigenvalue weighted by molar-refractivity contribution is 5.78. The Labute approximate surface area is 162 Å². The van der Waals surface area contributed by atoms with Crippen LogP contribution in [0.3, 0.4) is 0 Å². The van der Waals surface area contributed by atoms with Crippen molar-refractivity contribution in [3.63, 3.8) is 0 Å². The van der Waals surface area contributed by atoms with Crippen molar-refractivity contribution in [1.29, 1.82) is 0 Å². The Hall–Kier alpha value is -3.71. The van der Waals surface area contributed by atoms with Crippen LogP contribution in [0.1, 0.15) is 16.7 Å². The fourth-order valence-electron chi connectivity index (χ4n) is 3.02. The normalized spacial score (nSPS) is 10.5. The minimum Gasteiger partial charge on any atom is -0.310 e. The molecule has 28 heavy (non-hydrogen) atoms. The van der Waals surface area contributed by atoms with E-state index in [-0.39, 0.29) is 11.4 Å². The molecule has 2 heterocycles. The van der Waals surface area contributed by atoms with E-state index in [2.05, 4.69) is 16.8 Å². The topological polar surface area (TPSA) is 34.9 Å². The van der Waals surface area contributed by atoms with Gasteiger partial charge in [0.15, 0.2) is 0 Å². The fourth-order valence-corrected chi connectivity index (χ4v) is 3.02. The zero-order valence-corrected chi connectivity index (χ0v) is 15.1. The third kappa shape index (κ3) is 4.16. The minimum atomic E-state index is -0.316. The maximum absolute atomic E-state index is 13.4. The molecule has 4 rings (SSSR count). The van der Waals surface area contributed by atoms with Crippen LogP contribution in [-0.4, -0.2) is 9.55 Å². The van der Waals surface area contributed by atoms with Crippen molar-refractivity contribution in [2.45, 2.75) is 13.0 Å². The van der Waals surface area contributed by atoms with E-state index in [9.17, 15) is 9.18 Å². The van der Waals surface area contributed by atoms with Crippen LogP contribution in [0.5, 0.6) is 0 Å². The molecular weight excluding hydrogens is 351 g/mol. The van der Waals surface area contributed by atoms with Gasteiger partial charge in [-0.3, -0.25) is 9.78 Å². The molecule has 2 aromatic carbocycles. The van der Waals surface area contributed by atoms with Crippen LogP contribution in [-0.2, 0) is 13.0 Å². The zero-order valence-electron chi connectivity index (χ0n) is 15.1. The first-order valence-corrected chi connectivity index (χ1v) is 8.95. The van der Waals surface area contributed by atoms with Crippen molar-refractivity contribution in [2.24, 2.45) is 0 Å². The van der Waals surface area contributed by atoms with Crippen LogP contribution >= 0.6 is 0 Å². The summed E-state index contributed by atoms with van der Waals surface area (Å²) in [4.78, 5) is 16.7. The summed E-state index contributed by atoms with van der Waals surface area (Å²) in [5, 5.41) is 0.822. The van der Waals surface area contributed by atoms with Gasteiger partial charge in [0.25, 0.3) is 5.56 Å². The van der Waals surface area contributed by atoms with Gasteiger partial charge in [-0.25, -0.2) is 4.39 Å². The van der Waals surface area contributed by atoms with Crippen LogP contribution in [0.4, 0.5) is 4.39 Å². The number of rotatable bonds is 3. The second-order valence-electron chi connectivity index (χ2n) is 6.53. The molecule has 0 aliphatic heterocycles. The van der Waals surface area contributed by atoms with Crippen LogP contribution in [0.2, 0.25) is 0 Å². The number of halogens is 1. The number of pyridine rings is 2. The molecule has 3 nitrogen and oxygen atoms in total. The summed E-state index contributed by atoms with van der Waals surface area (Å²) in [5.41, 5.74) is 3.13. The number of benzene rings is 2. The smallest absolute Gasteiger partial charge is 0.253 e. The lowest BCUT2D eigenvalue weighted by atomic mass is 10.1. The van der Waals surface area contributed by atoms with Gasteiger partial charge in [0.1, 0.15) is 5.82 Å². The van der Waals surface area contributed by atoms with Crippen molar-refractivity contribution in [1.82, 2.24) is 9.55 Å². The van der Waals surface area contributed by atoms with Gasteiger partial charge in [0.05, 0.1) is 12.1 Å². The average molecular weight is 368 g/mol. The molecule has 0 saturated heterocycles. The molecule has 0 N–H and O–H groups in total. The molecule has 0 radical (unpaired) electrons. The van der Waals surface area contributed by atoms with E-state index in [0.717, 1.165) is 22.1 Å². The molecule has 2 aromatic heterocycles. The monoisotopic (exact) mass is 368 g/mol. The van der Waals surface area contributed by atoms with Gasteiger partial charge in [-0.1, -0.05) is 54.3 Å². The van der Waals surface area contributed by atoms with Crippen molar-refractivity contribution in [3.8, 4) is 11.8 Å². The number of hydrogen-bond donors (Lipinski definition) is 0. The van der Waals surface area contributed by atoms with Gasteiger partial charge < -0.3 is 4.57 Å². The maximum atomic E-state index is 13.4. The number of nitrogens with zero attached hydrogens (tertiary/aromatic N) is 2. The first-order chi connectivity index (χ1) is 13.7. The summed E-state index contributed by atoms with van der Waals surface area (Å²) in [6, 6.07) is 19.7. The Balaban J connectivity index is 1.61. The third-order valence-corrected chi connectivity index (χ3v) is 4.40. The number of aromatic nitrogens is 2. The SMILES string of the molecule is O=c1cc2ncc(C#CCc3ccccc3)cc2cn1Cc1cccc(F)c1. The molecule has 0 atom stereocenters. The summed E-state index contributed by atoms with van der Waals surface area (Å²) in [5.74, 6) is 5.97. The summed E-state index contributed by atoms with van der Waals surface area (Å²) in [6.45, 7) is 0.302. The molecule has 0 amide bonds. The van der Waals surface area contributed by atoms with Crippen molar-refractivity contribution >= 4 is 10.9 Å². The van der Waals surface area contributed by atoms with E-state index in [4.69, 9.17) is 0 Å². The Morgan fingerprint density at radius 3 is 2.61 bits per heavy atom. The number of fused-ring (bicyclic) bond motifs is 1. The van der Waals surface area contributed by atoms with E-state index >= 15 is 0 Å². The van der Waals surface area contributed by atoms with Crippen molar-refractivity contribution < 1.29 is 4.39 Å². The second-order valence-corrected chi connectivity index (χ2v) is 6.53. The summed E-state index contributed by atoms with van der Waals surface area (Å²) in [7, 11) is 0. The van der Waals surface area contributed by atoms with Gasteiger partial charge in [-0.05, 0) is 29.3 Å². The highest BCUT2D eigenvalue weighted by atomic mass is 19.1. The quantitative estimate of drug-likeness (QED) is 0.509. The predicted octanol–water partition coefficient (Wildman–Crippen LogP) is 4.18. The Morgan fingerprint density at radius 1 is 0.964 bits per heavy atom. The molecule has 0 bridgehead atoms. The van der Waals surface area contributed by atoms with E-state index < -0.39 is 0 Å². The minimum absolute atomic E-state index is 0.174. The van der Waals surface area contributed by atoms with E-state index in [0.29, 0.717) is 18.5 Å². The molecule has 4 heteroatoms. The summed E-state index contributed by atoms with van der Waals surface area (Å²) in [6.07, 6.45) is 4.09. The Kier molecular flexibility index (Phi) is 4.99. The van der Waals surface area contributed by atoms with Gasteiger partial charge in [0, 0.05) is 35.8 Å². The van der Waals surface area contributed by atoms with Crippen LogP contribution in [0.15, 0.2) is 83.9 Å². The average Bonchev–Trinajstić information content (AvgIpc) is 2.70. The standard InChI is InChI=1S/C24H17FN2O/c25-22-11-5-10-20(13-22)16-27-17-21-12-19(15-26-23(21)14-24(27)28)9-4-8-18-6-2-1-3-7-18/h1-3,5-7,10-15,17H,8,16H2. The second kappa shape index (κ2) is 7.89. The highest BCUT2D eigenvalue weighted by Gasteiger charge is 2.04. The molecule has 0 fully saturated rings. The van der Waals surface area contributed by atoms with Crippen LogP contribution < -0.4 is 5.56 Å². The first kappa shape index (κ1) is 17.7. The van der Waals surface area contributed by atoms with Gasteiger partial charge in [-0.15, -0.1) is 0 Å². The molecule has 0 saturated carbocycles. The van der Waals surface area contributed by atoms with Gasteiger partial charge >= 0.3 is 0 Å². The van der Waals surface area contributed by atoms with Gasteiger partial charge in [-0.2, -0.15) is 0 Å². The van der Waals surface area contributed by atoms with Crippen LogP contribution in [0, 0.1) is 17.7 Å². The predicted molar refractivity (Wildman–Crippen MR) is 109 cm³/mol. The largest absolute Gasteiger partial charge is 0.310 e. The molecule has 0 aliphatic carbocycles. The Bertz CT molecular complexity index is 1250. The fraction of sp³-hybridized carbons (Fsp3) is 0.0833. The van der Waals surface area contributed by atoms with E-state index in [1.807, 2.05) is 36.4 Å². The van der Waals surface area contributed by atoms with E-state index in [1.165, 1.54) is 18.2 Å². The van der Waals surface area contributed by atoms with Crippen molar-refractivity contribution in [3.05, 3.63) is 112 Å². The lowest BCUT2D eigenvalue weighted by Crippen LogP contribution is -2.19. The maximum Gasteiger partial charge on any atom is 0.253 e. The zero-order chi connectivity index (χ0) is 19.3. The molecule has 0 spiro atoms. The first-order valence-electron chi connectivity index (χ1n) is 8.95. The molecular formula is C24H17FN2O. The lowest BCUT2D eigenvalue weighted by molar-refractivity contribution is 0.623. The van der Waals surface area contributed by atoms with E-state index in [1.54, 1.807) is 29.1 Å².